The van der Waals surface area contributed by atoms with Gasteiger partial charge in [-0.15, -0.1) is 0 Å². The van der Waals surface area contributed by atoms with Gasteiger partial charge in [0, 0.05) is 5.69 Å². The predicted octanol–water partition coefficient (Wildman–Crippen LogP) is 4.65. The first-order valence-corrected chi connectivity index (χ1v) is 9.68. The fraction of sp³-hybridized carbons (Fsp3) is 0.391. The summed E-state index contributed by atoms with van der Waals surface area (Å²) in [5.41, 5.74) is 2.13. The molecule has 29 heavy (non-hydrogen) atoms. The molecule has 0 unspecified atom stereocenters. The van der Waals surface area contributed by atoms with E-state index >= 15 is 0 Å². The molecular weight excluding hydrogens is 370 g/mol. The molecule has 2 rings (SSSR count). The third-order valence-electron chi connectivity index (χ3n) is 4.17. The smallest absolute Gasteiger partial charge is 0.338 e. The summed E-state index contributed by atoms with van der Waals surface area (Å²) in [4.78, 5) is 24.3. The second-order valence-electron chi connectivity index (χ2n) is 7.47. The van der Waals surface area contributed by atoms with Gasteiger partial charge in [0.1, 0.15) is 0 Å². The Morgan fingerprint density at radius 1 is 0.966 bits per heavy atom. The van der Waals surface area contributed by atoms with Crippen LogP contribution < -0.4 is 14.8 Å². The van der Waals surface area contributed by atoms with Crippen LogP contribution in [0.3, 0.4) is 0 Å². The Bertz CT molecular complexity index is 828. The van der Waals surface area contributed by atoms with Crippen molar-refractivity contribution in [2.45, 2.75) is 33.6 Å². The monoisotopic (exact) mass is 399 g/mol. The van der Waals surface area contributed by atoms with Gasteiger partial charge in [-0.3, -0.25) is 4.79 Å². The fourth-order valence-corrected chi connectivity index (χ4v) is 2.53. The Kier molecular flexibility index (Phi) is 8.07. The van der Waals surface area contributed by atoms with Crippen LogP contribution in [-0.2, 0) is 9.53 Å². The van der Waals surface area contributed by atoms with Crippen molar-refractivity contribution in [1.82, 2.24) is 0 Å². The Balaban J connectivity index is 1.91. The summed E-state index contributed by atoms with van der Waals surface area (Å²) in [6.07, 6.45) is 0. The van der Waals surface area contributed by atoms with Gasteiger partial charge in [0.05, 0.1) is 19.3 Å². The van der Waals surface area contributed by atoms with Crippen molar-refractivity contribution in [3.05, 3.63) is 53.6 Å². The summed E-state index contributed by atoms with van der Waals surface area (Å²) in [5.74, 6) is 0.767. The summed E-state index contributed by atoms with van der Waals surface area (Å²) in [6.45, 7) is 8.46. The minimum atomic E-state index is -0.607. The molecule has 0 aliphatic rings. The lowest BCUT2D eigenvalue weighted by atomic mass is 10.0. The van der Waals surface area contributed by atoms with E-state index in [1.54, 1.807) is 18.2 Å². The molecule has 0 saturated carbocycles. The second kappa shape index (κ2) is 10.5. The van der Waals surface area contributed by atoms with E-state index in [-0.39, 0.29) is 12.2 Å². The first-order valence-electron chi connectivity index (χ1n) is 9.68. The number of esters is 1. The minimum Gasteiger partial charge on any atom is -0.493 e. The van der Waals surface area contributed by atoms with Crippen LogP contribution in [0.15, 0.2) is 42.5 Å². The molecule has 1 amide bonds. The number of methoxy groups -OCH3 is 1. The van der Waals surface area contributed by atoms with E-state index in [1.165, 1.54) is 12.7 Å². The molecule has 6 heteroatoms. The van der Waals surface area contributed by atoms with Crippen molar-refractivity contribution in [3.8, 4) is 11.5 Å². The molecule has 0 aliphatic carbocycles. The highest BCUT2D eigenvalue weighted by Crippen LogP contribution is 2.28. The number of carbonyl (C=O) groups excluding carboxylic acids is 2. The predicted molar refractivity (Wildman–Crippen MR) is 113 cm³/mol. The molecule has 0 radical (unpaired) electrons. The molecule has 0 heterocycles. The number of nitrogens with one attached hydrogen (secondary N) is 1. The van der Waals surface area contributed by atoms with Gasteiger partial charge in [0.2, 0.25) is 0 Å². The lowest BCUT2D eigenvalue weighted by Crippen LogP contribution is -2.21. The quantitative estimate of drug-likeness (QED) is 0.622. The van der Waals surface area contributed by atoms with E-state index in [1.807, 2.05) is 38.1 Å². The van der Waals surface area contributed by atoms with E-state index < -0.39 is 11.9 Å². The number of carbonyl (C=O) groups is 2. The van der Waals surface area contributed by atoms with Crippen LogP contribution >= 0.6 is 0 Å². The maximum Gasteiger partial charge on any atom is 0.338 e. The van der Waals surface area contributed by atoms with Crippen molar-refractivity contribution in [2.24, 2.45) is 5.92 Å². The zero-order valence-electron chi connectivity index (χ0n) is 17.7. The maximum absolute atomic E-state index is 12.3. The van der Waals surface area contributed by atoms with Crippen LogP contribution in [0.2, 0.25) is 0 Å². The molecule has 0 saturated heterocycles. The highest BCUT2D eigenvalue weighted by atomic mass is 16.5. The number of benzene rings is 2. The molecule has 2 aromatic rings. The average Bonchev–Trinajstić information content (AvgIpc) is 2.70. The topological polar surface area (TPSA) is 73.9 Å². The van der Waals surface area contributed by atoms with Crippen LogP contribution in [0.1, 0.15) is 49.5 Å². The van der Waals surface area contributed by atoms with Crippen LogP contribution in [-0.4, -0.2) is 32.2 Å². The largest absolute Gasteiger partial charge is 0.493 e. The number of rotatable bonds is 9. The van der Waals surface area contributed by atoms with Crippen molar-refractivity contribution >= 4 is 17.6 Å². The van der Waals surface area contributed by atoms with E-state index in [0.717, 1.165) is 0 Å². The normalized spacial score (nSPS) is 10.7. The van der Waals surface area contributed by atoms with Gasteiger partial charge >= 0.3 is 5.97 Å². The molecular formula is C23H29NO5. The lowest BCUT2D eigenvalue weighted by molar-refractivity contribution is -0.119. The molecule has 0 spiro atoms. The molecule has 0 fully saturated rings. The van der Waals surface area contributed by atoms with Crippen molar-refractivity contribution in [1.29, 1.82) is 0 Å². The Hall–Kier alpha value is -3.02. The maximum atomic E-state index is 12.3. The van der Waals surface area contributed by atoms with Crippen LogP contribution in [0, 0.1) is 5.92 Å². The average molecular weight is 399 g/mol. The standard InChI is InChI=1S/C23H29NO5/c1-15(2)13-28-20-11-8-18(12-21(20)27-5)23(26)29-14-22(25)24-19-9-6-17(7-10-19)16(3)4/h6-12,15-16H,13-14H2,1-5H3,(H,24,25). The van der Waals surface area contributed by atoms with Crippen LogP contribution in [0.4, 0.5) is 5.69 Å². The van der Waals surface area contributed by atoms with E-state index in [0.29, 0.717) is 35.6 Å². The number of amides is 1. The summed E-state index contributed by atoms with van der Waals surface area (Å²) in [6, 6.07) is 12.4. The molecule has 2 aromatic carbocycles. The minimum absolute atomic E-state index is 0.285. The Morgan fingerprint density at radius 3 is 2.24 bits per heavy atom. The SMILES string of the molecule is COc1cc(C(=O)OCC(=O)Nc2ccc(C(C)C)cc2)ccc1OCC(C)C. The van der Waals surface area contributed by atoms with Gasteiger partial charge in [0.15, 0.2) is 18.1 Å². The number of hydrogen-bond acceptors (Lipinski definition) is 5. The van der Waals surface area contributed by atoms with Crippen LogP contribution in [0.25, 0.3) is 0 Å². The van der Waals surface area contributed by atoms with Gasteiger partial charge < -0.3 is 19.5 Å². The van der Waals surface area contributed by atoms with Gasteiger partial charge in [-0.05, 0) is 47.7 Å². The zero-order valence-corrected chi connectivity index (χ0v) is 17.7. The van der Waals surface area contributed by atoms with E-state index in [2.05, 4.69) is 19.2 Å². The lowest BCUT2D eigenvalue weighted by Gasteiger charge is -2.13. The van der Waals surface area contributed by atoms with E-state index in [9.17, 15) is 9.59 Å². The fourth-order valence-electron chi connectivity index (χ4n) is 2.53. The first-order chi connectivity index (χ1) is 13.8. The number of ether oxygens (including phenoxy) is 3. The van der Waals surface area contributed by atoms with Gasteiger partial charge in [-0.1, -0.05) is 39.8 Å². The van der Waals surface area contributed by atoms with Gasteiger partial charge in [0.25, 0.3) is 5.91 Å². The number of anilines is 1. The first kappa shape index (κ1) is 22.3. The summed E-state index contributed by atoms with van der Waals surface area (Å²) in [7, 11) is 1.50. The summed E-state index contributed by atoms with van der Waals surface area (Å²) < 4.78 is 16.1. The number of hydrogen-bond donors (Lipinski definition) is 1. The molecule has 0 atom stereocenters. The van der Waals surface area contributed by atoms with Gasteiger partial charge in [-0.25, -0.2) is 4.79 Å². The third-order valence-corrected chi connectivity index (χ3v) is 4.17. The Morgan fingerprint density at radius 2 is 1.66 bits per heavy atom. The summed E-state index contributed by atoms with van der Waals surface area (Å²) in [5, 5.41) is 2.71. The molecule has 0 aliphatic heterocycles. The third kappa shape index (κ3) is 6.82. The second-order valence-corrected chi connectivity index (χ2v) is 7.47. The highest BCUT2D eigenvalue weighted by Gasteiger charge is 2.14. The molecule has 156 valence electrons. The van der Waals surface area contributed by atoms with Gasteiger partial charge in [-0.2, -0.15) is 0 Å². The van der Waals surface area contributed by atoms with Crippen molar-refractivity contribution < 1.29 is 23.8 Å². The zero-order chi connectivity index (χ0) is 21.4. The van der Waals surface area contributed by atoms with Crippen LogP contribution in [0.5, 0.6) is 11.5 Å². The van der Waals surface area contributed by atoms with E-state index in [4.69, 9.17) is 14.2 Å². The molecule has 0 aromatic heterocycles. The molecule has 1 N–H and O–H groups in total. The van der Waals surface area contributed by atoms with Crippen molar-refractivity contribution in [2.75, 3.05) is 25.6 Å². The Labute approximate surface area is 172 Å². The molecule has 6 nitrogen and oxygen atoms in total. The highest BCUT2D eigenvalue weighted by molar-refractivity contribution is 5.95. The summed E-state index contributed by atoms with van der Waals surface area (Å²) >= 11 is 0. The molecule has 0 bridgehead atoms. The van der Waals surface area contributed by atoms with Crippen molar-refractivity contribution in [3.63, 3.8) is 0 Å².